The van der Waals surface area contributed by atoms with Gasteiger partial charge in [0.15, 0.2) is 0 Å². The van der Waals surface area contributed by atoms with Crippen molar-refractivity contribution in [2.24, 2.45) is 5.92 Å². The zero-order chi connectivity index (χ0) is 13.4. The van der Waals surface area contributed by atoms with E-state index < -0.39 is 0 Å². The normalized spacial score (nSPS) is 10.2. The second-order valence-electron chi connectivity index (χ2n) is 4.36. The number of pyridine rings is 1. The molecule has 18 heavy (non-hydrogen) atoms. The van der Waals surface area contributed by atoms with E-state index in [1.54, 1.807) is 6.20 Å². The van der Waals surface area contributed by atoms with Gasteiger partial charge in [-0.05, 0) is 18.9 Å². The summed E-state index contributed by atoms with van der Waals surface area (Å²) in [6.07, 6.45) is 1.67. The van der Waals surface area contributed by atoms with Crippen LogP contribution in [0.5, 0.6) is 5.88 Å². The van der Waals surface area contributed by atoms with E-state index in [1.165, 1.54) is 0 Å². The number of nitrogens with zero attached hydrogens (tertiary/aromatic N) is 1. The van der Waals surface area contributed by atoms with Gasteiger partial charge in [-0.25, -0.2) is 9.78 Å². The number of nitrogens with one attached hydrogen (secondary N) is 2. The smallest absolute Gasteiger partial charge is 0.315 e. The fraction of sp³-hybridized carbons (Fsp3) is 0.538. The number of urea groups is 1. The Morgan fingerprint density at radius 1 is 1.44 bits per heavy atom. The molecule has 100 valence electrons. The lowest BCUT2D eigenvalue weighted by atomic mass is 10.2. The molecule has 0 aliphatic heterocycles. The van der Waals surface area contributed by atoms with E-state index in [-0.39, 0.29) is 6.03 Å². The molecule has 2 N–H and O–H groups in total. The summed E-state index contributed by atoms with van der Waals surface area (Å²) in [5.41, 5.74) is 0.874. The van der Waals surface area contributed by atoms with Crippen LogP contribution in [0.25, 0.3) is 0 Å². The molecule has 0 saturated heterocycles. The summed E-state index contributed by atoms with van der Waals surface area (Å²) in [5.74, 6) is 1.01. The highest BCUT2D eigenvalue weighted by Crippen LogP contribution is 2.13. The van der Waals surface area contributed by atoms with Crippen molar-refractivity contribution in [3.05, 3.63) is 23.9 Å². The average molecular weight is 251 g/mol. The second-order valence-corrected chi connectivity index (χ2v) is 4.36. The molecule has 0 saturated carbocycles. The number of ether oxygens (including phenoxy) is 1. The van der Waals surface area contributed by atoms with Crippen molar-refractivity contribution in [2.75, 3.05) is 13.2 Å². The molecule has 0 atom stereocenters. The van der Waals surface area contributed by atoms with E-state index in [4.69, 9.17) is 4.74 Å². The van der Waals surface area contributed by atoms with Crippen LogP contribution in [-0.2, 0) is 6.54 Å². The number of hydrogen-bond acceptors (Lipinski definition) is 3. The lowest BCUT2D eigenvalue weighted by molar-refractivity contribution is 0.239. The maximum atomic E-state index is 11.5. The monoisotopic (exact) mass is 251 g/mol. The van der Waals surface area contributed by atoms with Crippen molar-refractivity contribution in [1.29, 1.82) is 0 Å². The Hall–Kier alpha value is -1.78. The van der Waals surface area contributed by atoms with Crippen LogP contribution < -0.4 is 15.4 Å². The van der Waals surface area contributed by atoms with E-state index in [2.05, 4.69) is 29.5 Å². The number of carbonyl (C=O) groups is 1. The Balaban J connectivity index is 2.45. The van der Waals surface area contributed by atoms with Gasteiger partial charge in [0, 0.05) is 24.8 Å². The number of hydrogen-bond donors (Lipinski definition) is 2. The molecule has 1 aromatic heterocycles. The van der Waals surface area contributed by atoms with E-state index >= 15 is 0 Å². The molecule has 5 nitrogen and oxygen atoms in total. The third-order valence-electron chi connectivity index (χ3n) is 2.24. The van der Waals surface area contributed by atoms with Crippen molar-refractivity contribution in [1.82, 2.24) is 15.6 Å². The largest absolute Gasteiger partial charge is 0.478 e. The maximum Gasteiger partial charge on any atom is 0.315 e. The fourth-order valence-electron chi connectivity index (χ4n) is 1.36. The topological polar surface area (TPSA) is 63.2 Å². The van der Waals surface area contributed by atoms with Crippen LogP contribution >= 0.6 is 0 Å². The molecule has 1 heterocycles. The summed E-state index contributed by atoms with van der Waals surface area (Å²) in [7, 11) is 0. The van der Waals surface area contributed by atoms with Gasteiger partial charge in [0.2, 0.25) is 5.88 Å². The van der Waals surface area contributed by atoms with Crippen molar-refractivity contribution in [2.45, 2.75) is 27.3 Å². The SMILES string of the molecule is CCOc1ncccc1CNC(=O)NCC(C)C. The summed E-state index contributed by atoms with van der Waals surface area (Å²) >= 11 is 0. The first-order valence-electron chi connectivity index (χ1n) is 6.21. The van der Waals surface area contributed by atoms with Crippen LogP contribution in [0.2, 0.25) is 0 Å². The van der Waals surface area contributed by atoms with E-state index in [0.29, 0.717) is 31.5 Å². The molecule has 0 radical (unpaired) electrons. The minimum Gasteiger partial charge on any atom is -0.478 e. The van der Waals surface area contributed by atoms with Crippen LogP contribution in [0.1, 0.15) is 26.3 Å². The third-order valence-corrected chi connectivity index (χ3v) is 2.24. The molecule has 1 aromatic rings. The Morgan fingerprint density at radius 2 is 2.22 bits per heavy atom. The van der Waals surface area contributed by atoms with Gasteiger partial charge in [-0.3, -0.25) is 0 Å². The van der Waals surface area contributed by atoms with Gasteiger partial charge in [-0.15, -0.1) is 0 Å². The summed E-state index contributed by atoms with van der Waals surface area (Å²) < 4.78 is 5.38. The molecule has 0 bridgehead atoms. The van der Waals surface area contributed by atoms with Gasteiger partial charge in [0.25, 0.3) is 0 Å². The highest BCUT2D eigenvalue weighted by Gasteiger charge is 2.06. The van der Waals surface area contributed by atoms with Gasteiger partial charge in [-0.1, -0.05) is 19.9 Å². The predicted molar refractivity (Wildman–Crippen MR) is 70.5 cm³/mol. The van der Waals surface area contributed by atoms with Crippen molar-refractivity contribution in [3.63, 3.8) is 0 Å². The molecule has 5 heteroatoms. The average Bonchev–Trinajstić information content (AvgIpc) is 2.35. The molecular formula is C13H21N3O2. The Kier molecular flexibility index (Phi) is 5.97. The number of amides is 2. The molecule has 2 amide bonds. The summed E-state index contributed by atoms with van der Waals surface area (Å²) in [5, 5.41) is 5.58. The van der Waals surface area contributed by atoms with Gasteiger partial charge < -0.3 is 15.4 Å². The minimum absolute atomic E-state index is 0.171. The van der Waals surface area contributed by atoms with Gasteiger partial charge in [-0.2, -0.15) is 0 Å². The first-order valence-corrected chi connectivity index (χ1v) is 6.21. The zero-order valence-electron chi connectivity index (χ0n) is 11.2. The van der Waals surface area contributed by atoms with Gasteiger partial charge >= 0.3 is 6.03 Å². The maximum absolute atomic E-state index is 11.5. The molecule has 0 aromatic carbocycles. The predicted octanol–water partition coefficient (Wildman–Crippen LogP) is 1.94. The van der Waals surface area contributed by atoms with E-state index in [0.717, 1.165) is 5.56 Å². The second kappa shape index (κ2) is 7.53. The third kappa shape index (κ3) is 5.03. The Bertz CT molecular complexity index is 380. The standard InChI is InChI=1S/C13H21N3O2/c1-4-18-12-11(6-5-7-14-12)9-16-13(17)15-8-10(2)3/h5-7,10H,4,8-9H2,1-3H3,(H2,15,16,17). The Morgan fingerprint density at radius 3 is 2.89 bits per heavy atom. The van der Waals surface area contributed by atoms with Crippen molar-refractivity contribution >= 4 is 6.03 Å². The minimum atomic E-state index is -0.171. The first kappa shape index (κ1) is 14.3. The Labute approximate surface area is 108 Å². The van der Waals surface area contributed by atoms with Crippen molar-refractivity contribution in [3.8, 4) is 5.88 Å². The number of aromatic nitrogens is 1. The van der Waals surface area contributed by atoms with Crippen LogP contribution in [0, 0.1) is 5.92 Å². The molecule has 0 aliphatic carbocycles. The quantitative estimate of drug-likeness (QED) is 0.812. The van der Waals surface area contributed by atoms with E-state index in [9.17, 15) is 4.79 Å². The van der Waals surface area contributed by atoms with Crippen LogP contribution in [0.4, 0.5) is 4.79 Å². The zero-order valence-corrected chi connectivity index (χ0v) is 11.2. The molecule has 0 unspecified atom stereocenters. The van der Waals surface area contributed by atoms with E-state index in [1.807, 2.05) is 19.1 Å². The summed E-state index contributed by atoms with van der Waals surface area (Å²) in [4.78, 5) is 15.6. The molecule has 0 spiro atoms. The summed E-state index contributed by atoms with van der Waals surface area (Å²) in [6.45, 7) is 7.64. The number of rotatable bonds is 6. The lowest BCUT2D eigenvalue weighted by Crippen LogP contribution is -2.37. The van der Waals surface area contributed by atoms with Crippen LogP contribution in [-0.4, -0.2) is 24.2 Å². The fourth-order valence-corrected chi connectivity index (χ4v) is 1.36. The first-order chi connectivity index (χ1) is 8.63. The van der Waals surface area contributed by atoms with Crippen LogP contribution in [0.15, 0.2) is 18.3 Å². The molecule has 1 rings (SSSR count). The van der Waals surface area contributed by atoms with Gasteiger partial charge in [0.05, 0.1) is 6.61 Å². The molecule has 0 fully saturated rings. The lowest BCUT2D eigenvalue weighted by Gasteiger charge is -2.11. The van der Waals surface area contributed by atoms with Gasteiger partial charge in [0.1, 0.15) is 0 Å². The number of carbonyl (C=O) groups excluding carboxylic acids is 1. The van der Waals surface area contributed by atoms with Crippen molar-refractivity contribution < 1.29 is 9.53 Å². The molecular weight excluding hydrogens is 230 g/mol. The summed E-state index contributed by atoms with van der Waals surface area (Å²) in [6, 6.07) is 3.54. The highest BCUT2D eigenvalue weighted by molar-refractivity contribution is 5.73. The molecule has 0 aliphatic rings. The highest BCUT2D eigenvalue weighted by atomic mass is 16.5. The van der Waals surface area contributed by atoms with Crippen LogP contribution in [0.3, 0.4) is 0 Å².